The lowest BCUT2D eigenvalue weighted by Gasteiger charge is -2.13. The average molecular weight is 425 g/mol. The minimum atomic E-state index is 0.0910. The molecule has 6 rings (SSSR count). The zero-order chi connectivity index (χ0) is 21.8. The lowest BCUT2D eigenvalue weighted by atomic mass is 10.0. The molecule has 8 heteroatoms. The number of nitrogens with two attached hydrogens (primary N) is 1. The van der Waals surface area contributed by atoms with E-state index in [1.165, 1.54) is 0 Å². The zero-order valence-corrected chi connectivity index (χ0v) is 17.8. The van der Waals surface area contributed by atoms with Gasteiger partial charge in [0.15, 0.2) is 5.78 Å². The molecule has 8 nitrogen and oxygen atoms in total. The van der Waals surface area contributed by atoms with Crippen molar-refractivity contribution in [3.63, 3.8) is 0 Å². The van der Waals surface area contributed by atoms with Gasteiger partial charge in [-0.15, -0.1) is 0 Å². The van der Waals surface area contributed by atoms with Crippen molar-refractivity contribution >= 4 is 33.5 Å². The molecule has 1 atom stereocenters. The van der Waals surface area contributed by atoms with Crippen molar-refractivity contribution in [2.45, 2.75) is 25.3 Å². The van der Waals surface area contributed by atoms with E-state index in [0.717, 1.165) is 54.5 Å². The number of carbonyl (C=O) groups excluding carboxylic acids is 1. The second-order valence-corrected chi connectivity index (χ2v) is 8.67. The summed E-state index contributed by atoms with van der Waals surface area (Å²) in [4.78, 5) is 21.8. The first kappa shape index (κ1) is 19.0. The minimum Gasteiger partial charge on any atom is -0.383 e. The Morgan fingerprint density at radius 3 is 2.88 bits per heavy atom. The number of nitrogen functional groups attached to an aromatic ring is 1. The SMILES string of the molecule is Cn1cnc2cc(C#Cc3nn(C4CCNC4)c4c(C(=O)C5CC5)cnc(N)c34)ccc21. The van der Waals surface area contributed by atoms with Crippen LogP contribution < -0.4 is 11.1 Å². The molecule has 3 aromatic heterocycles. The maximum absolute atomic E-state index is 13.0. The molecular weight excluding hydrogens is 402 g/mol. The molecule has 32 heavy (non-hydrogen) atoms. The highest BCUT2D eigenvalue weighted by molar-refractivity contribution is 6.11. The van der Waals surface area contributed by atoms with Crippen LogP contribution in [0.15, 0.2) is 30.7 Å². The Morgan fingerprint density at radius 1 is 1.22 bits per heavy atom. The highest BCUT2D eigenvalue weighted by Crippen LogP contribution is 2.37. The normalized spacial score (nSPS) is 18.2. The summed E-state index contributed by atoms with van der Waals surface area (Å²) in [6, 6.07) is 6.10. The Hall–Kier alpha value is -3.70. The van der Waals surface area contributed by atoms with Gasteiger partial charge in [0, 0.05) is 31.3 Å². The summed E-state index contributed by atoms with van der Waals surface area (Å²) in [6.07, 6.45) is 6.22. The third kappa shape index (κ3) is 3.05. The number of aryl methyl sites for hydroxylation is 1. The fraction of sp³-hybridized carbons (Fsp3) is 0.333. The smallest absolute Gasteiger partial charge is 0.169 e. The third-order valence-electron chi connectivity index (χ3n) is 6.40. The Labute approximate surface area is 184 Å². The predicted molar refractivity (Wildman–Crippen MR) is 122 cm³/mol. The number of nitrogens with one attached hydrogen (secondary N) is 1. The number of fused-ring (bicyclic) bond motifs is 2. The number of hydrogen-bond acceptors (Lipinski definition) is 6. The number of rotatable bonds is 3. The monoisotopic (exact) mass is 425 g/mol. The minimum absolute atomic E-state index is 0.0910. The summed E-state index contributed by atoms with van der Waals surface area (Å²) in [7, 11) is 1.97. The van der Waals surface area contributed by atoms with E-state index < -0.39 is 0 Å². The van der Waals surface area contributed by atoms with Crippen LogP contribution in [0.4, 0.5) is 5.82 Å². The van der Waals surface area contributed by atoms with Crippen LogP contribution in [0.2, 0.25) is 0 Å². The maximum atomic E-state index is 13.0. The number of imidazole rings is 1. The third-order valence-corrected chi connectivity index (χ3v) is 6.40. The molecule has 4 heterocycles. The number of ketones is 1. The molecule has 1 saturated carbocycles. The molecular formula is C24H23N7O. The van der Waals surface area contributed by atoms with Crippen LogP contribution >= 0.6 is 0 Å². The number of anilines is 1. The standard InChI is InChI=1S/C24H23N7O/c1-30-13-28-19-10-14(3-7-20(19)30)2-6-18-21-22(31(29-18)16-8-9-26-11-16)17(12-27-24(21)25)23(32)15-4-5-15/h3,7,10,12-13,15-16,26H,4-5,8-9,11H2,1H3,(H2,25,27). The van der Waals surface area contributed by atoms with Crippen LogP contribution in [-0.4, -0.2) is 43.2 Å². The largest absolute Gasteiger partial charge is 0.383 e. The van der Waals surface area contributed by atoms with E-state index in [-0.39, 0.29) is 17.7 Å². The lowest BCUT2D eigenvalue weighted by molar-refractivity contribution is 0.0968. The molecule has 3 N–H and O–H groups in total. The van der Waals surface area contributed by atoms with E-state index in [1.54, 1.807) is 12.5 Å². The molecule has 4 aromatic rings. The molecule has 0 bridgehead atoms. The number of aromatic nitrogens is 5. The summed E-state index contributed by atoms with van der Waals surface area (Å²) >= 11 is 0. The number of Topliss-reactive ketones (excluding diaryl/α,β-unsaturated/α-hetero) is 1. The van der Waals surface area contributed by atoms with Gasteiger partial charge in [-0.05, 0) is 49.9 Å². The first-order chi connectivity index (χ1) is 15.6. The van der Waals surface area contributed by atoms with Gasteiger partial charge in [-0.25, -0.2) is 9.97 Å². The van der Waals surface area contributed by atoms with Crippen molar-refractivity contribution in [1.29, 1.82) is 0 Å². The molecule has 1 aliphatic carbocycles. The Kier molecular flexibility index (Phi) is 4.26. The number of carbonyl (C=O) groups is 1. The molecule has 2 fully saturated rings. The zero-order valence-electron chi connectivity index (χ0n) is 17.8. The summed E-state index contributed by atoms with van der Waals surface area (Å²) in [6.45, 7) is 1.73. The molecule has 0 radical (unpaired) electrons. The van der Waals surface area contributed by atoms with E-state index in [2.05, 4.69) is 27.1 Å². The summed E-state index contributed by atoms with van der Waals surface area (Å²) in [5, 5.41) is 8.91. The predicted octanol–water partition coefficient (Wildman–Crippen LogP) is 2.43. The quantitative estimate of drug-likeness (QED) is 0.386. The summed E-state index contributed by atoms with van der Waals surface area (Å²) < 4.78 is 3.93. The van der Waals surface area contributed by atoms with Gasteiger partial charge in [0.1, 0.15) is 11.5 Å². The van der Waals surface area contributed by atoms with Crippen LogP contribution in [0, 0.1) is 17.8 Å². The van der Waals surface area contributed by atoms with Crippen molar-refractivity contribution in [2.75, 3.05) is 18.8 Å². The Morgan fingerprint density at radius 2 is 2.09 bits per heavy atom. The number of benzene rings is 1. The fourth-order valence-electron chi connectivity index (χ4n) is 4.49. The van der Waals surface area contributed by atoms with Crippen molar-refractivity contribution in [1.82, 2.24) is 29.6 Å². The van der Waals surface area contributed by atoms with Gasteiger partial charge in [-0.2, -0.15) is 5.10 Å². The maximum Gasteiger partial charge on any atom is 0.169 e. The molecule has 2 aliphatic rings. The second-order valence-electron chi connectivity index (χ2n) is 8.67. The number of nitrogens with zero attached hydrogens (tertiary/aromatic N) is 5. The topological polar surface area (TPSA) is 104 Å². The summed E-state index contributed by atoms with van der Waals surface area (Å²) in [5.41, 5.74) is 11.0. The van der Waals surface area contributed by atoms with Crippen LogP contribution in [0.25, 0.3) is 21.9 Å². The molecule has 0 amide bonds. The van der Waals surface area contributed by atoms with Crippen LogP contribution in [0.5, 0.6) is 0 Å². The second kappa shape index (κ2) is 7.18. The Balaban J connectivity index is 1.51. The van der Waals surface area contributed by atoms with Crippen molar-refractivity contribution < 1.29 is 4.79 Å². The first-order valence-corrected chi connectivity index (χ1v) is 10.9. The fourth-order valence-corrected chi connectivity index (χ4v) is 4.49. The van der Waals surface area contributed by atoms with Gasteiger partial charge in [-0.1, -0.05) is 5.92 Å². The van der Waals surface area contributed by atoms with Gasteiger partial charge in [0.05, 0.1) is 39.9 Å². The van der Waals surface area contributed by atoms with Gasteiger partial charge in [0.2, 0.25) is 0 Å². The highest BCUT2D eigenvalue weighted by Gasteiger charge is 2.34. The van der Waals surface area contributed by atoms with Gasteiger partial charge < -0.3 is 15.6 Å². The van der Waals surface area contributed by atoms with Crippen LogP contribution in [0.1, 0.15) is 46.9 Å². The van der Waals surface area contributed by atoms with Crippen molar-refractivity contribution in [3.8, 4) is 11.8 Å². The summed E-state index contributed by atoms with van der Waals surface area (Å²) in [5.74, 6) is 6.99. The van der Waals surface area contributed by atoms with Gasteiger partial charge in [-0.3, -0.25) is 9.48 Å². The van der Waals surface area contributed by atoms with E-state index in [0.29, 0.717) is 22.5 Å². The van der Waals surface area contributed by atoms with Gasteiger partial charge >= 0.3 is 0 Å². The molecule has 1 aromatic carbocycles. The van der Waals surface area contributed by atoms with Gasteiger partial charge in [0.25, 0.3) is 0 Å². The Bertz CT molecular complexity index is 1440. The van der Waals surface area contributed by atoms with Crippen LogP contribution in [-0.2, 0) is 7.05 Å². The van der Waals surface area contributed by atoms with E-state index >= 15 is 0 Å². The lowest BCUT2D eigenvalue weighted by Crippen LogP contribution is -2.16. The number of hydrogen-bond donors (Lipinski definition) is 2. The molecule has 0 spiro atoms. The van der Waals surface area contributed by atoms with Crippen molar-refractivity contribution in [2.24, 2.45) is 13.0 Å². The van der Waals surface area contributed by atoms with Crippen molar-refractivity contribution in [3.05, 3.63) is 47.5 Å². The van der Waals surface area contributed by atoms with E-state index in [9.17, 15) is 4.79 Å². The molecule has 1 aliphatic heterocycles. The molecule has 160 valence electrons. The van der Waals surface area contributed by atoms with E-state index in [4.69, 9.17) is 10.8 Å². The molecule has 1 saturated heterocycles. The first-order valence-electron chi connectivity index (χ1n) is 10.9. The molecule has 1 unspecified atom stereocenters. The average Bonchev–Trinajstić information content (AvgIpc) is 3.19. The van der Waals surface area contributed by atoms with E-state index in [1.807, 2.05) is 34.5 Å². The van der Waals surface area contributed by atoms with Crippen LogP contribution in [0.3, 0.4) is 0 Å². The highest BCUT2D eigenvalue weighted by atomic mass is 16.1. The number of pyridine rings is 1.